The van der Waals surface area contributed by atoms with E-state index in [2.05, 4.69) is 27.3 Å². The Morgan fingerprint density at radius 2 is 2.29 bits per heavy atom. The quantitative estimate of drug-likeness (QED) is 0.932. The maximum atomic E-state index is 11.9. The van der Waals surface area contributed by atoms with Gasteiger partial charge in [-0.25, -0.2) is 0 Å². The van der Waals surface area contributed by atoms with E-state index in [0.717, 1.165) is 12.8 Å². The maximum absolute atomic E-state index is 11.9. The lowest BCUT2D eigenvalue weighted by Gasteiger charge is -2.10. The smallest absolute Gasteiger partial charge is 0.252 e. The molecule has 1 N–H and O–H groups in total. The van der Waals surface area contributed by atoms with Crippen LogP contribution in [0.15, 0.2) is 22.7 Å². The Morgan fingerprint density at radius 3 is 2.82 bits per heavy atom. The van der Waals surface area contributed by atoms with Gasteiger partial charge in [0.25, 0.3) is 5.91 Å². The summed E-state index contributed by atoms with van der Waals surface area (Å²) in [4.78, 5) is 11.9. The van der Waals surface area contributed by atoms with Crippen molar-refractivity contribution in [3.05, 3.63) is 33.3 Å². The molecule has 1 aromatic carbocycles. The molecule has 1 aliphatic carbocycles. The van der Waals surface area contributed by atoms with Crippen LogP contribution < -0.4 is 5.32 Å². The normalized spacial score (nSPS) is 16.1. The average Bonchev–Trinajstić information content (AvgIpc) is 3.13. The molecule has 2 rings (SSSR count). The van der Waals surface area contributed by atoms with Gasteiger partial charge in [0.1, 0.15) is 6.04 Å². The molecule has 1 unspecified atom stereocenters. The minimum atomic E-state index is -0.378. The van der Waals surface area contributed by atoms with E-state index in [4.69, 9.17) is 16.9 Å². The number of nitrogens with one attached hydrogen (secondary N) is 1. The molecule has 1 aliphatic rings. The lowest BCUT2D eigenvalue weighted by molar-refractivity contribution is 0.0942. The van der Waals surface area contributed by atoms with E-state index >= 15 is 0 Å². The topological polar surface area (TPSA) is 52.9 Å². The van der Waals surface area contributed by atoms with Crippen LogP contribution in [-0.2, 0) is 0 Å². The molecule has 1 saturated carbocycles. The number of hydrogen-bond donors (Lipinski definition) is 1. The average molecular weight is 314 g/mol. The molecule has 0 aromatic heterocycles. The number of nitriles is 1. The molecule has 1 fully saturated rings. The zero-order chi connectivity index (χ0) is 12.4. The van der Waals surface area contributed by atoms with E-state index in [9.17, 15) is 4.79 Å². The molecule has 3 nitrogen and oxygen atoms in total. The fourth-order valence-corrected chi connectivity index (χ4v) is 2.04. The van der Waals surface area contributed by atoms with Gasteiger partial charge in [-0.3, -0.25) is 4.79 Å². The Hall–Kier alpha value is -1.05. The Labute approximate surface area is 113 Å². The van der Waals surface area contributed by atoms with Crippen molar-refractivity contribution in [1.82, 2.24) is 5.32 Å². The second kappa shape index (κ2) is 5.07. The summed E-state index contributed by atoms with van der Waals surface area (Å²) in [7, 11) is 0. The number of amides is 1. The van der Waals surface area contributed by atoms with Crippen molar-refractivity contribution in [2.45, 2.75) is 18.9 Å². The number of halogens is 2. The summed E-state index contributed by atoms with van der Waals surface area (Å²) in [5, 5.41) is 12.2. The van der Waals surface area contributed by atoms with Crippen molar-refractivity contribution in [3.63, 3.8) is 0 Å². The molecule has 0 heterocycles. The van der Waals surface area contributed by atoms with Crippen LogP contribution in [0, 0.1) is 17.2 Å². The van der Waals surface area contributed by atoms with E-state index in [0.29, 0.717) is 21.0 Å². The number of rotatable bonds is 3. The highest BCUT2D eigenvalue weighted by atomic mass is 79.9. The molecular weight excluding hydrogens is 304 g/mol. The summed E-state index contributed by atoms with van der Waals surface area (Å²) < 4.78 is 0.673. The minimum absolute atomic E-state index is 0.235. The molecule has 0 bridgehead atoms. The first-order valence-corrected chi connectivity index (χ1v) is 6.44. The first-order valence-electron chi connectivity index (χ1n) is 5.27. The Bertz CT molecular complexity index is 494. The van der Waals surface area contributed by atoms with Gasteiger partial charge < -0.3 is 5.32 Å². The summed E-state index contributed by atoms with van der Waals surface area (Å²) in [5.74, 6) is 0.0838. The first-order chi connectivity index (χ1) is 8.11. The highest BCUT2D eigenvalue weighted by Gasteiger charge is 2.32. The van der Waals surface area contributed by atoms with Crippen molar-refractivity contribution >= 4 is 33.4 Å². The lowest BCUT2D eigenvalue weighted by Crippen LogP contribution is -2.35. The van der Waals surface area contributed by atoms with E-state index < -0.39 is 0 Å². The Kier molecular flexibility index (Phi) is 3.70. The zero-order valence-corrected chi connectivity index (χ0v) is 11.3. The van der Waals surface area contributed by atoms with Crippen LogP contribution in [-0.4, -0.2) is 11.9 Å². The van der Waals surface area contributed by atoms with Gasteiger partial charge in [0.2, 0.25) is 0 Å². The minimum Gasteiger partial charge on any atom is -0.336 e. The third-order valence-corrected chi connectivity index (χ3v) is 3.91. The van der Waals surface area contributed by atoms with E-state index in [1.165, 1.54) is 0 Å². The van der Waals surface area contributed by atoms with Crippen LogP contribution in [0.25, 0.3) is 0 Å². The molecule has 1 atom stereocenters. The first kappa shape index (κ1) is 12.4. The van der Waals surface area contributed by atoms with Gasteiger partial charge in [0.15, 0.2) is 0 Å². The van der Waals surface area contributed by atoms with Crippen molar-refractivity contribution in [3.8, 4) is 6.07 Å². The van der Waals surface area contributed by atoms with Crippen LogP contribution in [0.2, 0.25) is 5.02 Å². The Morgan fingerprint density at radius 1 is 1.59 bits per heavy atom. The van der Waals surface area contributed by atoms with E-state index in [-0.39, 0.29) is 11.9 Å². The zero-order valence-electron chi connectivity index (χ0n) is 8.91. The van der Waals surface area contributed by atoms with Crippen LogP contribution in [0.4, 0.5) is 0 Å². The molecule has 0 radical (unpaired) electrons. The SMILES string of the molecule is N#CC(NC(=O)c1ccc(Cl)c(Br)c1)C1CC1. The predicted octanol–water partition coefficient (Wildman–Crippen LogP) is 3.13. The third kappa shape index (κ3) is 2.99. The van der Waals surface area contributed by atoms with Gasteiger partial charge in [-0.2, -0.15) is 5.26 Å². The van der Waals surface area contributed by atoms with Crippen LogP contribution in [0.3, 0.4) is 0 Å². The van der Waals surface area contributed by atoms with Gasteiger partial charge in [-0.15, -0.1) is 0 Å². The fraction of sp³-hybridized carbons (Fsp3) is 0.333. The summed E-state index contributed by atoms with van der Waals surface area (Å²) >= 11 is 9.11. The van der Waals surface area contributed by atoms with Gasteiger partial charge in [0, 0.05) is 10.0 Å². The van der Waals surface area contributed by atoms with Crippen molar-refractivity contribution < 1.29 is 4.79 Å². The third-order valence-electron chi connectivity index (χ3n) is 2.70. The Balaban J connectivity index is 2.08. The van der Waals surface area contributed by atoms with E-state index in [1.54, 1.807) is 18.2 Å². The van der Waals surface area contributed by atoms with Crippen LogP contribution >= 0.6 is 27.5 Å². The second-order valence-corrected chi connectivity index (χ2v) is 5.31. The largest absolute Gasteiger partial charge is 0.336 e. The monoisotopic (exact) mass is 312 g/mol. The predicted molar refractivity (Wildman–Crippen MR) is 68.7 cm³/mol. The second-order valence-electron chi connectivity index (χ2n) is 4.05. The van der Waals surface area contributed by atoms with Gasteiger partial charge >= 0.3 is 0 Å². The van der Waals surface area contributed by atoms with Gasteiger partial charge in [-0.05, 0) is 52.9 Å². The molecule has 1 amide bonds. The van der Waals surface area contributed by atoms with Gasteiger partial charge in [-0.1, -0.05) is 11.6 Å². The van der Waals surface area contributed by atoms with Crippen LogP contribution in [0.5, 0.6) is 0 Å². The van der Waals surface area contributed by atoms with Gasteiger partial charge in [0.05, 0.1) is 11.1 Å². The molecule has 5 heteroatoms. The molecule has 0 saturated heterocycles. The fourth-order valence-electron chi connectivity index (χ4n) is 1.55. The maximum Gasteiger partial charge on any atom is 0.252 e. The number of carbonyl (C=O) groups is 1. The summed E-state index contributed by atoms with van der Waals surface area (Å²) in [6, 6.07) is 6.69. The lowest BCUT2D eigenvalue weighted by atomic mass is 10.1. The highest BCUT2D eigenvalue weighted by molar-refractivity contribution is 9.10. The standard InChI is InChI=1S/C12H10BrClN2O/c13-9-5-8(3-4-10(9)14)12(17)16-11(6-15)7-1-2-7/h3-5,7,11H,1-2H2,(H,16,17). The number of hydrogen-bond acceptors (Lipinski definition) is 2. The number of benzene rings is 1. The molecule has 88 valence electrons. The summed E-state index contributed by atoms with van der Waals surface area (Å²) in [6.45, 7) is 0. The number of nitrogens with zero attached hydrogens (tertiary/aromatic N) is 1. The molecule has 17 heavy (non-hydrogen) atoms. The molecule has 0 spiro atoms. The highest BCUT2D eigenvalue weighted by Crippen LogP contribution is 2.32. The summed E-state index contributed by atoms with van der Waals surface area (Å²) in [6.07, 6.45) is 2.03. The molecule has 1 aromatic rings. The van der Waals surface area contributed by atoms with Crippen molar-refractivity contribution in [2.24, 2.45) is 5.92 Å². The van der Waals surface area contributed by atoms with Crippen LogP contribution in [0.1, 0.15) is 23.2 Å². The molecule has 0 aliphatic heterocycles. The van der Waals surface area contributed by atoms with Crippen molar-refractivity contribution in [1.29, 1.82) is 5.26 Å². The van der Waals surface area contributed by atoms with Crippen molar-refractivity contribution in [2.75, 3.05) is 0 Å². The van der Waals surface area contributed by atoms with E-state index in [1.807, 2.05) is 0 Å². The summed E-state index contributed by atoms with van der Waals surface area (Å²) in [5.41, 5.74) is 0.502. The molecular formula is C12H10BrClN2O. The number of carbonyl (C=O) groups excluding carboxylic acids is 1.